The van der Waals surface area contributed by atoms with Gasteiger partial charge in [-0.1, -0.05) is 48.5 Å². The van der Waals surface area contributed by atoms with Crippen molar-refractivity contribution in [2.45, 2.75) is 11.8 Å². The first-order valence-corrected chi connectivity index (χ1v) is 12.8. The quantitative estimate of drug-likeness (QED) is 0.319. The molecule has 8 heteroatoms. The van der Waals surface area contributed by atoms with Crippen molar-refractivity contribution in [2.24, 2.45) is 0 Å². The zero-order valence-corrected chi connectivity index (χ0v) is 19.9. The van der Waals surface area contributed by atoms with E-state index >= 15 is 0 Å². The zero-order chi connectivity index (χ0) is 23.8. The first-order chi connectivity index (χ1) is 15.7. The molecule has 0 aliphatic carbocycles. The van der Waals surface area contributed by atoms with Crippen LogP contribution in [-0.4, -0.2) is 38.1 Å². The van der Waals surface area contributed by atoms with E-state index in [1.807, 2.05) is 61.5 Å². The van der Waals surface area contributed by atoms with Gasteiger partial charge in [0.15, 0.2) is 6.61 Å². The molecule has 0 unspecified atom stereocenters. The van der Waals surface area contributed by atoms with Crippen LogP contribution in [0.3, 0.4) is 0 Å². The Hall–Kier alpha value is -3.23. The highest BCUT2D eigenvalue weighted by molar-refractivity contribution is 7.99. The summed E-state index contributed by atoms with van der Waals surface area (Å²) in [6.07, 6.45) is 3.14. The summed E-state index contributed by atoms with van der Waals surface area (Å²) in [5, 5.41) is 8.77. The number of aryl methyl sites for hydroxylation is 1. The highest BCUT2D eigenvalue weighted by atomic mass is 32.2. The van der Waals surface area contributed by atoms with Gasteiger partial charge in [-0.05, 0) is 59.5 Å². The maximum absolute atomic E-state index is 11.4. The van der Waals surface area contributed by atoms with E-state index in [-0.39, 0.29) is 12.4 Å². The Morgan fingerprint density at radius 1 is 1.00 bits per heavy atom. The van der Waals surface area contributed by atoms with Gasteiger partial charge in [-0.3, -0.25) is 0 Å². The number of benzene rings is 3. The number of aliphatic carboxylic acids is 1. The lowest BCUT2D eigenvalue weighted by Crippen LogP contribution is -2.09. The standard InChI is InChI=1S/C25H24O6S2/c1-18-16-22(12-13-24(18)30-17-25(26)27)32-15-14-23(19-6-4-3-5-7-19)20-8-10-21(11-9-20)31-33(2,28)29/h3-14,16H,15,17H2,1-2H3,(H,26,27)/b23-14-. The molecule has 0 saturated carbocycles. The van der Waals surface area contributed by atoms with Crippen molar-refractivity contribution in [1.29, 1.82) is 0 Å². The highest BCUT2D eigenvalue weighted by Gasteiger charge is 2.09. The van der Waals surface area contributed by atoms with Crippen molar-refractivity contribution < 1.29 is 27.2 Å². The molecular formula is C25H24O6S2. The lowest BCUT2D eigenvalue weighted by molar-refractivity contribution is -0.139. The summed E-state index contributed by atoms with van der Waals surface area (Å²) >= 11 is 1.64. The molecule has 1 N–H and O–H groups in total. The van der Waals surface area contributed by atoms with Gasteiger partial charge in [0.25, 0.3) is 0 Å². The van der Waals surface area contributed by atoms with Crippen molar-refractivity contribution >= 4 is 33.4 Å². The van der Waals surface area contributed by atoms with Gasteiger partial charge < -0.3 is 14.0 Å². The predicted octanol–water partition coefficient (Wildman–Crippen LogP) is 5.02. The molecule has 3 aromatic rings. The minimum atomic E-state index is -3.58. The fraction of sp³-hybridized carbons (Fsp3) is 0.160. The number of rotatable bonds is 10. The third-order valence-electron chi connectivity index (χ3n) is 4.53. The fourth-order valence-electron chi connectivity index (χ4n) is 3.12. The van der Waals surface area contributed by atoms with Gasteiger partial charge in [0, 0.05) is 10.6 Å². The average Bonchev–Trinajstić information content (AvgIpc) is 2.76. The topological polar surface area (TPSA) is 89.9 Å². The van der Waals surface area contributed by atoms with Crippen LogP contribution in [-0.2, 0) is 14.9 Å². The van der Waals surface area contributed by atoms with Crippen molar-refractivity contribution in [1.82, 2.24) is 0 Å². The van der Waals surface area contributed by atoms with Crippen LogP contribution in [0.15, 0.2) is 83.8 Å². The molecule has 0 atom stereocenters. The molecule has 0 aliphatic heterocycles. The Morgan fingerprint density at radius 3 is 2.27 bits per heavy atom. The van der Waals surface area contributed by atoms with E-state index in [9.17, 15) is 13.2 Å². The lowest BCUT2D eigenvalue weighted by atomic mass is 9.98. The van der Waals surface area contributed by atoms with Gasteiger partial charge in [0.1, 0.15) is 11.5 Å². The van der Waals surface area contributed by atoms with Crippen molar-refractivity contribution in [3.8, 4) is 11.5 Å². The molecule has 0 spiro atoms. The van der Waals surface area contributed by atoms with Gasteiger partial charge in [-0.25, -0.2) is 4.79 Å². The first-order valence-electron chi connectivity index (χ1n) is 10.0. The molecule has 0 bridgehead atoms. The van der Waals surface area contributed by atoms with E-state index in [4.69, 9.17) is 14.0 Å². The van der Waals surface area contributed by atoms with Gasteiger partial charge in [-0.2, -0.15) is 8.42 Å². The third-order valence-corrected chi connectivity index (χ3v) is 5.95. The van der Waals surface area contributed by atoms with Crippen molar-refractivity contribution in [2.75, 3.05) is 18.6 Å². The maximum Gasteiger partial charge on any atom is 0.341 e. The maximum atomic E-state index is 11.4. The van der Waals surface area contributed by atoms with Crippen LogP contribution in [0.4, 0.5) is 0 Å². The van der Waals surface area contributed by atoms with Crippen LogP contribution in [0.25, 0.3) is 5.57 Å². The minimum Gasteiger partial charge on any atom is -0.482 e. The Labute approximate surface area is 198 Å². The molecule has 3 aromatic carbocycles. The zero-order valence-electron chi connectivity index (χ0n) is 18.2. The molecule has 0 amide bonds. The molecule has 0 aromatic heterocycles. The molecule has 0 aliphatic rings. The van der Waals surface area contributed by atoms with Crippen LogP contribution in [0.5, 0.6) is 11.5 Å². The SMILES string of the molecule is Cc1cc(SC/C=C(/c2ccccc2)c2ccc(OS(C)(=O)=O)cc2)ccc1OCC(=O)O. The summed E-state index contributed by atoms with van der Waals surface area (Å²) in [6.45, 7) is 1.51. The minimum absolute atomic E-state index is 0.267. The third kappa shape index (κ3) is 7.69. The summed E-state index contributed by atoms with van der Waals surface area (Å²) in [7, 11) is -3.58. The smallest absolute Gasteiger partial charge is 0.341 e. The first kappa shape index (κ1) is 24.4. The fourth-order valence-corrected chi connectivity index (χ4v) is 4.45. The van der Waals surface area contributed by atoms with Crippen LogP contribution < -0.4 is 8.92 Å². The molecular weight excluding hydrogens is 460 g/mol. The molecule has 0 heterocycles. The Morgan fingerprint density at radius 2 is 1.67 bits per heavy atom. The number of carbonyl (C=O) groups is 1. The summed E-state index contributed by atoms with van der Waals surface area (Å²) in [6, 6.07) is 22.5. The second-order valence-corrected chi connectivity index (χ2v) is 9.88. The molecule has 172 valence electrons. The predicted molar refractivity (Wildman–Crippen MR) is 130 cm³/mol. The van der Waals surface area contributed by atoms with Crippen LogP contribution in [0.2, 0.25) is 0 Å². The van der Waals surface area contributed by atoms with E-state index in [0.717, 1.165) is 33.4 Å². The van der Waals surface area contributed by atoms with Crippen LogP contribution in [0.1, 0.15) is 16.7 Å². The number of carboxylic acids is 1. The van der Waals surface area contributed by atoms with E-state index in [1.165, 1.54) is 0 Å². The highest BCUT2D eigenvalue weighted by Crippen LogP contribution is 2.29. The summed E-state index contributed by atoms with van der Waals surface area (Å²) in [5.41, 5.74) is 3.88. The van der Waals surface area contributed by atoms with Gasteiger partial charge in [0.2, 0.25) is 0 Å². The second kappa shape index (κ2) is 11.1. The van der Waals surface area contributed by atoms with Gasteiger partial charge >= 0.3 is 16.1 Å². The largest absolute Gasteiger partial charge is 0.482 e. The van der Waals surface area contributed by atoms with Gasteiger partial charge in [0.05, 0.1) is 6.26 Å². The van der Waals surface area contributed by atoms with E-state index in [0.29, 0.717) is 11.5 Å². The molecule has 6 nitrogen and oxygen atoms in total. The average molecular weight is 485 g/mol. The number of hydrogen-bond donors (Lipinski definition) is 1. The second-order valence-electron chi connectivity index (χ2n) is 7.22. The normalized spacial score (nSPS) is 11.8. The molecule has 33 heavy (non-hydrogen) atoms. The van der Waals surface area contributed by atoms with E-state index < -0.39 is 16.1 Å². The summed E-state index contributed by atoms with van der Waals surface area (Å²) in [5.74, 6) is 0.505. The van der Waals surface area contributed by atoms with Crippen molar-refractivity contribution in [3.05, 3.63) is 95.6 Å². The monoisotopic (exact) mass is 484 g/mol. The Balaban J connectivity index is 1.78. The van der Waals surface area contributed by atoms with Crippen LogP contribution in [0, 0.1) is 6.92 Å². The summed E-state index contributed by atoms with van der Waals surface area (Å²) < 4.78 is 32.9. The lowest BCUT2D eigenvalue weighted by Gasteiger charge is -2.11. The van der Waals surface area contributed by atoms with E-state index in [1.54, 1.807) is 30.0 Å². The number of thioether (sulfide) groups is 1. The van der Waals surface area contributed by atoms with Crippen molar-refractivity contribution in [3.63, 3.8) is 0 Å². The van der Waals surface area contributed by atoms with Crippen LogP contribution >= 0.6 is 11.8 Å². The Bertz CT molecular complexity index is 1230. The summed E-state index contributed by atoms with van der Waals surface area (Å²) in [4.78, 5) is 11.7. The number of hydrogen-bond acceptors (Lipinski definition) is 6. The van der Waals surface area contributed by atoms with E-state index in [2.05, 4.69) is 6.08 Å². The number of ether oxygens (including phenoxy) is 1. The number of carboxylic acid groups (broad SMARTS) is 1. The molecule has 0 saturated heterocycles. The molecule has 3 rings (SSSR count). The molecule has 0 radical (unpaired) electrons. The van der Waals surface area contributed by atoms with Gasteiger partial charge in [-0.15, -0.1) is 11.8 Å². The Kier molecular flexibility index (Phi) is 8.19. The molecule has 0 fully saturated rings.